The first-order valence-electron chi connectivity index (χ1n) is 5.92. The van der Waals surface area contributed by atoms with E-state index in [1.54, 1.807) is 26.4 Å². The van der Waals surface area contributed by atoms with Crippen LogP contribution in [-0.4, -0.2) is 28.1 Å². The van der Waals surface area contributed by atoms with Gasteiger partial charge in [0.2, 0.25) is 0 Å². The monoisotopic (exact) mass is 262 g/mol. The van der Waals surface area contributed by atoms with Gasteiger partial charge in [-0.25, -0.2) is 0 Å². The highest BCUT2D eigenvalue weighted by molar-refractivity contribution is 6.90. The summed E-state index contributed by atoms with van der Waals surface area (Å²) < 4.78 is 10.9. The van der Waals surface area contributed by atoms with Crippen LogP contribution in [0.3, 0.4) is 0 Å². The Morgan fingerprint density at radius 3 is 2.22 bits per heavy atom. The van der Waals surface area contributed by atoms with Gasteiger partial charge in [0.25, 0.3) is 0 Å². The predicted octanol–water partition coefficient (Wildman–Crippen LogP) is 2.46. The van der Waals surface area contributed by atoms with Crippen LogP contribution in [-0.2, 0) is 0 Å². The van der Waals surface area contributed by atoms with Gasteiger partial charge in [0.1, 0.15) is 0 Å². The van der Waals surface area contributed by atoms with E-state index in [0.29, 0.717) is 5.75 Å². The van der Waals surface area contributed by atoms with Crippen molar-refractivity contribution in [2.24, 2.45) is 0 Å². The normalized spacial score (nSPS) is 13.7. The van der Waals surface area contributed by atoms with Gasteiger partial charge < -0.3 is 9.47 Å². The molecule has 3 nitrogen and oxygen atoms in total. The predicted molar refractivity (Wildman–Crippen MR) is 75.9 cm³/mol. The minimum absolute atomic E-state index is 0.0467. The van der Waals surface area contributed by atoms with Crippen LogP contribution in [0.25, 0.3) is 6.08 Å². The van der Waals surface area contributed by atoms with Crippen LogP contribution in [0.5, 0.6) is 11.5 Å². The van der Waals surface area contributed by atoms with Crippen molar-refractivity contribution in [2.75, 3.05) is 14.2 Å². The van der Waals surface area contributed by atoms with E-state index in [1.807, 2.05) is 6.08 Å². The maximum Gasteiger partial charge on any atom is 0.186 e. The third-order valence-corrected chi connectivity index (χ3v) is 5.12. The van der Waals surface area contributed by atoms with Crippen molar-refractivity contribution in [3.8, 4) is 11.5 Å². The molecule has 0 unspecified atom stereocenters. The summed E-state index contributed by atoms with van der Waals surface area (Å²) in [4.78, 5) is 11.8. The number of fused-ring (bicyclic) bond motifs is 1. The molecule has 0 bridgehead atoms. The second-order valence-corrected chi connectivity index (χ2v) is 10.4. The molecule has 0 N–H and O–H groups in total. The Bertz CT molecular complexity index is 539. The van der Waals surface area contributed by atoms with E-state index in [-0.39, 0.29) is 5.78 Å². The molecule has 1 aromatic rings. The van der Waals surface area contributed by atoms with Gasteiger partial charge in [0, 0.05) is 5.56 Å². The lowest BCUT2D eigenvalue weighted by Gasteiger charge is -2.24. The topological polar surface area (TPSA) is 35.5 Å². The van der Waals surface area contributed by atoms with Crippen molar-refractivity contribution < 1.29 is 14.3 Å². The molecular formula is C14H18O3Si. The average Bonchev–Trinajstić information content (AvgIpc) is 2.67. The summed E-state index contributed by atoms with van der Waals surface area (Å²) in [5, 5.41) is 1.15. The summed E-state index contributed by atoms with van der Waals surface area (Å²) in [5.74, 6) is 1.46. The Morgan fingerprint density at radius 2 is 1.72 bits per heavy atom. The molecular weight excluding hydrogens is 244 g/mol. The molecule has 0 saturated carbocycles. The van der Waals surface area contributed by atoms with Gasteiger partial charge in [-0.3, -0.25) is 4.79 Å². The van der Waals surface area contributed by atoms with Crippen molar-refractivity contribution in [1.29, 1.82) is 0 Å². The van der Waals surface area contributed by atoms with Gasteiger partial charge in [0.15, 0.2) is 17.3 Å². The number of methoxy groups -OCH3 is 2. The van der Waals surface area contributed by atoms with Gasteiger partial charge in [0.05, 0.1) is 22.3 Å². The summed E-state index contributed by atoms with van der Waals surface area (Å²) in [6, 6.07) is 1.78. The average molecular weight is 262 g/mol. The number of carbonyl (C=O) groups is 1. The summed E-state index contributed by atoms with van der Waals surface area (Å²) >= 11 is 0. The first kappa shape index (κ1) is 12.9. The summed E-state index contributed by atoms with van der Waals surface area (Å²) in [6.45, 7) is 6.71. The molecule has 0 atom stereocenters. The number of allylic oxidation sites excluding steroid dienone is 1. The third-order valence-electron chi connectivity index (χ3n) is 3.13. The minimum atomic E-state index is -1.64. The molecule has 96 valence electrons. The SMILES string of the molecule is COc1cc2c(c([Si](C)(C)C)c1OC)C=CC2=O. The number of carbonyl (C=O) groups excluding carboxylic acids is 1. The van der Waals surface area contributed by atoms with Gasteiger partial charge >= 0.3 is 0 Å². The molecule has 0 heterocycles. The Hall–Kier alpha value is -1.55. The van der Waals surface area contributed by atoms with Crippen molar-refractivity contribution in [3.63, 3.8) is 0 Å². The fourth-order valence-electron chi connectivity index (χ4n) is 2.38. The molecule has 0 radical (unpaired) electrons. The highest BCUT2D eigenvalue weighted by atomic mass is 28.3. The lowest BCUT2D eigenvalue weighted by molar-refractivity contribution is 0.105. The fraction of sp³-hybridized carbons (Fsp3) is 0.357. The molecule has 1 aliphatic carbocycles. The van der Waals surface area contributed by atoms with Gasteiger partial charge in [-0.1, -0.05) is 25.7 Å². The minimum Gasteiger partial charge on any atom is -0.493 e. The molecule has 4 heteroatoms. The van der Waals surface area contributed by atoms with Crippen LogP contribution in [0.15, 0.2) is 12.1 Å². The zero-order chi connectivity index (χ0) is 13.5. The third kappa shape index (κ3) is 1.86. The molecule has 0 spiro atoms. The zero-order valence-electron chi connectivity index (χ0n) is 11.5. The first-order valence-corrected chi connectivity index (χ1v) is 9.42. The van der Waals surface area contributed by atoms with Crippen molar-refractivity contribution in [3.05, 3.63) is 23.3 Å². The maximum atomic E-state index is 11.8. The fourth-order valence-corrected chi connectivity index (χ4v) is 4.31. The first-order chi connectivity index (χ1) is 8.40. The highest BCUT2D eigenvalue weighted by Gasteiger charge is 2.31. The van der Waals surface area contributed by atoms with Crippen molar-refractivity contribution >= 4 is 25.1 Å². The molecule has 18 heavy (non-hydrogen) atoms. The number of hydrogen-bond acceptors (Lipinski definition) is 3. The van der Waals surface area contributed by atoms with Crippen molar-refractivity contribution in [2.45, 2.75) is 19.6 Å². The number of benzene rings is 1. The number of hydrogen-bond donors (Lipinski definition) is 0. The summed E-state index contributed by atoms with van der Waals surface area (Å²) in [5.41, 5.74) is 1.74. The van der Waals surface area contributed by atoms with Crippen LogP contribution in [0, 0.1) is 0 Å². The molecule has 2 rings (SSSR count). The molecule has 0 aliphatic heterocycles. The van der Waals surface area contributed by atoms with E-state index < -0.39 is 8.07 Å². The highest BCUT2D eigenvalue weighted by Crippen LogP contribution is 2.34. The van der Waals surface area contributed by atoms with E-state index >= 15 is 0 Å². The summed E-state index contributed by atoms with van der Waals surface area (Å²) in [7, 11) is 1.61. The number of rotatable bonds is 3. The molecule has 0 fully saturated rings. The summed E-state index contributed by atoms with van der Waals surface area (Å²) in [6.07, 6.45) is 3.51. The Morgan fingerprint density at radius 1 is 1.06 bits per heavy atom. The van der Waals surface area contributed by atoms with Gasteiger partial charge in [-0.15, -0.1) is 0 Å². The van der Waals surface area contributed by atoms with Crippen LogP contribution < -0.4 is 14.7 Å². The zero-order valence-corrected chi connectivity index (χ0v) is 12.5. The lowest BCUT2D eigenvalue weighted by Crippen LogP contribution is -2.41. The van der Waals surface area contributed by atoms with Crippen LogP contribution in [0.4, 0.5) is 0 Å². The van der Waals surface area contributed by atoms with Crippen LogP contribution in [0.2, 0.25) is 19.6 Å². The quantitative estimate of drug-likeness (QED) is 0.785. The molecule has 0 saturated heterocycles. The van der Waals surface area contributed by atoms with E-state index in [1.165, 1.54) is 0 Å². The van der Waals surface area contributed by atoms with Crippen LogP contribution in [0.1, 0.15) is 15.9 Å². The number of ether oxygens (including phenoxy) is 2. The Kier molecular flexibility index (Phi) is 3.07. The van der Waals surface area contributed by atoms with E-state index in [0.717, 1.165) is 22.1 Å². The van der Waals surface area contributed by atoms with Gasteiger partial charge in [-0.2, -0.15) is 0 Å². The van der Waals surface area contributed by atoms with Gasteiger partial charge in [-0.05, 0) is 22.9 Å². The molecule has 0 amide bonds. The van der Waals surface area contributed by atoms with E-state index in [4.69, 9.17) is 9.47 Å². The smallest absolute Gasteiger partial charge is 0.186 e. The van der Waals surface area contributed by atoms with Crippen LogP contribution >= 0.6 is 0 Å². The molecule has 1 aromatic carbocycles. The maximum absolute atomic E-state index is 11.8. The second kappa shape index (κ2) is 4.28. The Labute approximate surface area is 108 Å². The van der Waals surface area contributed by atoms with E-state index in [2.05, 4.69) is 19.6 Å². The largest absolute Gasteiger partial charge is 0.493 e. The van der Waals surface area contributed by atoms with Crippen molar-refractivity contribution in [1.82, 2.24) is 0 Å². The standard InChI is InChI=1S/C14H18O3Si/c1-16-12-8-10-9(6-7-11(10)15)14(13(12)17-2)18(3,4)5/h6-8H,1-5H3. The number of ketones is 1. The Balaban J connectivity index is 2.83. The molecule has 0 aromatic heterocycles. The molecule has 1 aliphatic rings. The lowest BCUT2D eigenvalue weighted by atomic mass is 10.1. The second-order valence-electron chi connectivity index (χ2n) is 5.40. The van der Waals surface area contributed by atoms with E-state index in [9.17, 15) is 4.79 Å².